The fourth-order valence-corrected chi connectivity index (χ4v) is 4.04. The van der Waals surface area contributed by atoms with Gasteiger partial charge in [0.05, 0.1) is 24.6 Å². The number of thioether (sulfide) groups is 1. The molecule has 0 aliphatic rings. The van der Waals surface area contributed by atoms with Crippen molar-refractivity contribution in [2.45, 2.75) is 5.16 Å². The first-order chi connectivity index (χ1) is 17.4. The van der Waals surface area contributed by atoms with E-state index in [1.54, 1.807) is 31.4 Å². The normalized spacial score (nSPS) is 10.9. The number of aromatic carboxylic acids is 1. The lowest BCUT2D eigenvalue weighted by molar-refractivity contribution is -0.118. The van der Waals surface area contributed by atoms with Crippen molar-refractivity contribution in [3.8, 4) is 22.8 Å². The molecule has 182 valence electrons. The summed E-state index contributed by atoms with van der Waals surface area (Å²) in [5.41, 5.74) is 4.91. The molecule has 0 fully saturated rings. The Hall–Kier alpha value is -4.15. The van der Waals surface area contributed by atoms with Gasteiger partial charge in [-0.15, -0.1) is 10.2 Å². The molecule has 36 heavy (non-hydrogen) atoms. The first-order valence-electron chi connectivity index (χ1n) is 10.6. The van der Waals surface area contributed by atoms with Gasteiger partial charge in [0.25, 0.3) is 5.91 Å². The van der Waals surface area contributed by atoms with Crippen molar-refractivity contribution in [2.24, 2.45) is 5.10 Å². The topological polar surface area (TPSA) is 119 Å². The highest BCUT2D eigenvalue weighted by molar-refractivity contribution is 7.99. The molecule has 0 aliphatic heterocycles. The molecular weight excluding hydrogens is 502 g/mol. The van der Waals surface area contributed by atoms with E-state index in [-0.39, 0.29) is 17.2 Å². The number of carbonyl (C=O) groups excluding carboxylic acids is 1. The van der Waals surface area contributed by atoms with Crippen LogP contribution in [0.15, 0.2) is 83.1 Å². The average molecular weight is 522 g/mol. The minimum absolute atomic E-state index is 0.0453. The number of carboxylic acids is 1. The highest BCUT2D eigenvalue weighted by atomic mass is 35.5. The number of hydrogen-bond donors (Lipinski definition) is 2. The largest absolute Gasteiger partial charge is 0.497 e. The summed E-state index contributed by atoms with van der Waals surface area (Å²) in [4.78, 5) is 23.3. The Labute approximate surface area is 215 Å². The molecule has 1 amide bonds. The molecule has 0 saturated heterocycles. The van der Waals surface area contributed by atoms with Gasteiger partial charge in [0, 0.05) is 16.3 Å². The lowest BCUT2D eigenvalue weighted by atomic mass is 10.1. The summed E-state index contributed by atoms with van der Waals surface area (Å²) in [7, 11) is 1.60. The lowest BCUT2D eigenvalue weighted by Crippen LogP contribution is -2.20. The van der Waals surface area contributed by atoms with Gasteiger partial charge in [-0.1, -0.05) is 35.5 Å². The summed E-state index contributed by atoms with van der Waals surface area (Å²) in [5.74, 6) is 0.0241. The number of carboxylic acid groups (broad SMARTS) is 1. The zero-order valence-corrected chi connectivity index (χ0v) is 20.5. The van der Waals surface area contributed by atoms with Crippen molar-refractivity contribution in [3.63, 3.8) is 0 Å². The molecule has 0 unspecified atom stereocenters. The van der Waals surface area contributed by atoms with Gasteiger partial charge in [0.15, 0.2) is 11.0 Å². The number of benzene rings is 3. The van der Waals surface area contributed by atoms with E-state index in [0.29, 0.717) is 21.6 Å². The molecular formula is C25H20ClN5O4S. The van der Waals surface area contributed by atoms with Crippen LogP contribution in [0.4, 0.5) is 0 Å². The minimum Gasteiger partial charge on any atom is -0.497 e. The number of hydrogen-bond acceptors (Lipinski definition) is 7. The van der Waals surface area contributed by atoms with Crippen LogP contribution in [-0.2, 0) is 4.79 Å². The number of amides is 1. The van der Waals surface area contributed by atoms with Crippen LogP contribution >= 0.6 is 23.4 Å². The van der Waals surface area contributed by atoms with E-state index in [4.69, 9.17) is 21.4 Å². The number of methoxy groups -OCH3 is 1. The highest BCUT2D eigenvalue weighted by Gasteiger charge is 2.17. The monoisotopic (exact) mass is 521 g/mol. The molecule has 0 bridgehead atoms. The third kappa shape index (κ3) is 6.09. The molecule has 1 heterocycles. The van der Waals surface area contributed by atoms with E-state index >= 15 is 0 Å². The summed E-state index contributed by atoms with van der Waals surface area (Å²) in [6.45, 7) is 0. The lowest BCUT2D eigenvalue weighted by Gasteiger charge is -2.11. The Bertz CT molecular complexity index is 1390. The van der Waals surface area contributed by atoms with Crippen molar-refractivity contribution < 1.29 is 19.4 Å². The van der Waals surface area contributed by atoms with Crippen LogP contribution in [0.3, 0.4) is 0 Å². The van der Waals surface area contributed by atoms with Gasteiger partial charge in [-0.25, -0.2) is 10.2 Å². The molecule has 3 aromatic carbocycles. The van der Waals surface area contributed by atoms with E-state index in [1.807, 2.05) is 41.0 Å². The van der Waals surface area contributed by atoms with Crippen LogP contribution in [0, 0.1) is 0 Å². The van der Waals surface area contributed by atoms with E-state index < -0.39 is 5.97 Å². The molecule has 2 N–H and O–H groups in total. The van der Waals surface area contributed by atoms with Gasteiger partial charge in [-0.3, -0.25) is 9.36 Å². The zero-order chi connectivity index (χ0) is 25.5. The predicted octanol–water partition coefficient (Wildman–Crippen LogP) is 4.54. The molecule has 0 atom stereocenters. The van der Waals surface area contributed by atoms with Crippen LogP contribution in [0.2, 0.25) is 5.02 Å². The molecule has 11 heteroatoms. The molecule has 4 aromatic rings. The highest BCUT2D eigenvalue weighted by Crippen LogP contribution is 2.29. The Morgan fingerprint density at radius 3 is 2.39 bits per heavy atom. The second-order valence-corrected chi connectivity index (χ2v) is 8.73. The molecule has 1 aromatic heterocycles. The van der Waals surface area contributed by atoms with Crippen LogP contribution in [0.25, 0.3) is 17.1 Å². The third-order valence-corrected chi connectivity index (χ3v) is 6.14. The van der Waals surface area contributed by atoms with E-state index in [1.165, 1.54) is 30.1 Å². The summed E-state index contributed by atoms with van der Waals surface area (Å²) >= 11 is 7.28. The van der Waals surface area contributed by atoms with Crippen LogP contribution < -0.4 is 10.2 Å². The number of halogens is 1. The van der Waals surface area contributed by atoms with Gasteiger partial charge in [-0.05, 0) is 66.2 Å². The van der Waals surface area contributed by atoms with Crippen molar-refractivity contribution >= 4 is 41.5 Å². The maximum Gasteiger partial charge on any atom is 0.335 e. The molecule has 0 radical (unpaired) electrons. The third-order valence-electron chi connectivity index (χ3n) is 4.96. The first-order valence-corrected chi connectivity index (χ1v) is 11.9. The fourth-order valence-electron chi connectivity index (χ4n) is 3.17. The molecule has 0 saturated carbocycles. The maximum atomic E-state index is 12.4. The maximum absolute atomic E-state index is 12.4. The van der Waals surface area contributed by atoms with Crippen LogP contribution in [0.5, 0.6) is 5.75 Å². The second kappa shape index (κ2) is 11.5. The van der Waals surface area contributed by atoms with E-state index in [9.17, 15) is 9.59 Å². The molecule has 0 spiro atoms. The molecule has 0 aliphatic carbocycles. The SMILES string of the molecule is COc1ccc(-c2nnc(SCC(=O)N/N=C/c3ccc(C(=O)O)cc3)n2-c2ccc(Cl)cc2)cc1. The minimum atomic E-state index is -1.01. The van der Waals surface area contributed by atoms with Gasteiger partial charge >= 0.3 is 5.97 Å². The summed E-state index contributed by atoms with van der Waals surface area (Å²) in [6, 6.07) is 20.8. The number of nitrogens with zero attached hydrogens (tertiary/aromatic N) is 4. The average Bonchev–Trinajstić information content (AvgIpc) is 3.32. The number of rotatable bonds is 9. The Morgan fingerprint density at radius 2 is 1.75 bits per heavy atom. The summed E-state index contributed by atoms with van der Waals surface area (Å²) in [5, 5.41) is 22.7. The zero-order valence-electron chi connectivity index (χ0n) is 19.0. The van der Waals surface area contributed by atoms with Gasteiger partial charge in [-0.2, -0.15) is 5.10 Å². The van der Waals surface area contributed by atoms with Crippen LogP contribution in [-0.4, -0.2) is 50.8 Å². The van der Waals surface area contributed by atoms with E-state index in [0.717, 1.165) is 17.0 Å². The number of nitrogens with one attached hydrogen (secondary N) is 1. The second-order valence-electron chi connectivity index (χ2n) is 7.36. The number of carbonyl (C=O) groups is 2. The Balaban J connectivity index is 1.48. The quantitative estimate of drug-likeness (QED) is 0.188. The van der Waals surface area contributed by atoms with Crippen LogP contribution in [0.1, 0.15) is 15.9 Å². The van der Waals surface area contributed by atoms with Crippen molar-refractivity contribution in [1.82, 2.24) is 20.2 Å². The number of aromatic nitrogens is 3. The fraction of sp³-hybridized carbons (Fsp3) is 0.0800. The van der Waals surface area contributed by atoms with Crippen molar-refractivity contribution in [2.75, 3.05) is 12.9 Å². The summed E-state index contributed by atoms with van der Waals surface area (Å²) < 4.78 is 7.09. The van der Waals surface area contributed by atoms with E-state index in [2.05, 4.69) is 20.7 Å². The Kier molecular flexibility index (Phi) is 7.99. The number of hydrazone groups is 1. The van der Waals surface area contributed by atoms with Crippen molar-refractivity contribution in [1.29, 1.82) is 0 Å². The molecule has 9 nitrogen and oxygen atoms in total. The van der Waals surface area contributed by atoms with Crippen molar-refractivity contribution in [3.05, 3.63) is 88.9 Å². The van der Waals surface area contributed by atoms with Gasteiger partial charge < -0.3 is 9.84 Å². The standard InChI is InChI=1S/C25H20ClN5O4S/c1-35-21-12-6-17(7-13-21)23-29-30-25(31(23)20-10-8-19(26)9-11-20)36-15-22(32)28-27-14-16-2-4-18(5-3-16)24(33)34/h2-14H,15H2,1H3,(H,28,32)(H,33,34)/b27-14+. The van der Waals surface area contributed by atoms with Gasteiger partial charge in [0.2, 0.25) is 0 Å². The van der Waals surface area contributed by atoms with Gasteiger partial charge in [0.1, 0.15) is 5.75 Å². The summed E-state index contributed by atoms with van der Waals surface area (Å²) in [6.07, 6.45) is 1.44. The molecule has 4 rings (SSSR count). The predicted molar refractivity (Wildman–Crippen MR) is 138 cm³/mol. The Morgan fingerprint density at radius 1 is 1.06 bits per heavy atom. The number of ether oxygens (including phenoxy) is 1. The first kappa shape index (κ1) is 25.0. The smallest absolute Gasteiger partial charge is 0.335 e.